The maximum absolute atomic E-state index is 11.9. The fourth-order valence-corrected chi connectivity index (χ4v) is 2.35. The van der Waals surface area contributed by atoms with Crippen LogP contribution in [0.2, 0.25) is 0 Å². The van der Waals surface area contributed by atoms with Crippen LogP contribution in [0, 0.1) is 0 Å². The van der Waals surface area contributed by atoms with Crippen molar-refractivity contribution in [3.63, 3.8) is 0 Å². The highest BCUT2D eigenvalue weighted by atomic mass is 16.5. The third-order valence-electron chi connectivity index (χ3n) is 3.71. The molecule has 1 aromatic rings. The molecule has 1 saturated heterocycles. The Bertz CT molecular complexity index is 514. The molecule has 1 aliphatic heterocycles. The Balaban J connectivity index is 2.21. The Morgan fingerprint density at radius 3 is 2.55 bits per heavy atom. The number of rotatable bonds is 4. The van der Waals surface area contributed by atoms with Gasteiger partial charge < -0.3 is 15.2 Å². The zero-order chi connectivity index (χ0) is 14.8. The SMILES string of the molecule is COc1ccc(CN(C(=O)O)[C@@]2(C)CCNC2=O)cc1. The minimum atomic E-state index is -1.10. The summed E-state index contributed by atoms with van der Waals surface area (Å²) in [4.78, 5) is 24.6. The van der Waals surface area contributed by atoms with Crippen molar-refractivity contribution in [2.24, 2.45) is 0 Å². The van der Waals surface area contributed by atoms with Gasteiger partial charge in [0.1, 0.15) is 11.3 Å². The maximum atomic E-state index is 11.9. The van der Waals surface area contributed by atoms with E-state index in [1.165, 1.54) is 4.90 Å². The molecule has 0 unspecified atom stereocenters. The average molecular weight is 278 g/mol. The van der Waals surface area contributed by atoms with Gasteiger partial charge in [-0.15, -0.1) is 0 Å². The molecule has 108 valence electrons. The van der Waals surface area contributed by atoms with E-state index in [0.29, 0.717) is 18.7 Å². The van der Waals surface area contributed by atoms with Crippen molar-refractivity contribution in [2.75, 3.05) is 13.7 Å². The van der Waals surface area contributed by atoms with E-state index in [4.69, 9.17) is 4.74 Å². The van der Waals surface area contributed by atoms with Gasteiger partial charge in [-0.25, -0.2) is 4.79 Å². The first-order chi connectivity index (χ1) is 9.47. The van der Waals surface area contributed by atoms with Crippen LogP contribution in [0.15, 0.2) is 24.3 Å². The largest absolute Gasteiger partial charge is 0.497 e. The summed E-state index contributed by atoms with van der Waals surface area (Å²) in [7, 11) is 1.57. The first-order valence-electron chi connectivity index (χ1n) is 6.39. The van der Waals surface area contributed by atoms with Crippen molar-refractivity contribution in [1.82, 2.24) is 10.2 Å². The van der Waals surface area contributed by atoms with E-state index >= 15 is 0 Å². The number of nitrogens with zero attached hydrogens (tertiary/aromatic N) is 1. The number of benzene rings is 1. The number of carbonyl (C=O) groups excluding carboxylic acids is 1. The minimum absolute atomic E-state index is 0.170. The zero-order valence-corrected chi connectivity index (χ0v) is 11.5. The molecule has 6 nitrogen and oxygen atoms in total. The van der Waals surface area contributed by atoms with Crippen molar-refractivity contribution in [3.05, 3.63) is 29.8 Å². The van der Waals surface area contributed by atoms with Crippen LogP contribution in [0.5, 0.6) is 5.75 Å². The molecule has 0 bridgehead atoms. The fourth-order valence-electron chi connectivity index (χ4n) is 2.35. The van der Waals surface area contributed by atoms with E-state index in [1.54, 1.807) is 38.3 Å². The highest BCUT2D eigenvalue weighted by molar-refractivity contribution is 5.91. The van der Waals surface area contributed by atoms with E-state index in [2.05, 4.69) is 5.32 Å². The number of carbonyl (C=O) groups is 2. The number of hydrogen-bond donors (Lipinski definition) is 2. The highest BCUT2D eigenvalue weighted by Gasteiger charge is 2.45. The lowest BCUT2D eigenvalue weighted by Crippen LogP contribution is -2.53. The lowest BCUT2D eigenvalue weighted by molar-refractivity contribution is -0.128. The predicted molar refractivity (Wildman–Crippen MR) is 72.6 cm³/mol. The van der Waals surface area contributed by atoms with Gasteiger partial charge in [-0.1, -0.05) is 12.1 Å². The molecule has 20 heavy (non-hydrogen) atoms. The average Bonchev–Trinajstić information content (AvgIpc) is 2.77. The van der Waals surface area contributed by atoms with Crippen molar-refractivity contribution >= 4 is 12.0 Å². The van der Waals surface area contributed by atoms with Crippen LogP contribution in [-0.2, 0) is 11.3 Å². The summed E-state index contributed by atoms with van der Waals surface area (Å²) < 4.78 is 5.06. The standard InChI is InChI=1S/C14H18N2O4/c1-14(7-8-15-12(14)17)16(13(18)19)9-10-3-5-11(20-2)6-4-10/h3-6H,7-9H2,1-2H3,(H,15,17)(H,18,19)/t14-/m0/s1. The van der Waals surface area contributed by atoms with Crippen LogP contribution in [-0.4, -0.2) is 41.2 Å². The third kappa shape index (κ3) is 2.54. The Morgan fingerprint density at radius 2 is 2.10 bits per heavy atom. The molecule has 2 amide bonds. The maximum Gasteiger partial charge on any atom is 0.408 e. The molecule has 0 aliphatic carbocycles. The Hall–Kier alpha value is -2.24. The van der Waals surface area contributed by atoms with Gasteiger partial charge in [-0.3, -0.25) is 9.69 Å². The van der Waals surface area contributed by atoms with Gasteiger partial charge in [0.2, 0.25) is 5.91 Å². The number of carboxylic acid groups (broad SMARTS) is 1. The van der Waals surface area contributed by atoms with Crippen LogP contribution in [0.25, 0.3) is 0 Å². The second kappa shape index (κ2) is 5.40. The quantitative estimate of drug-likeness (QED) is 0.873. The van der Waals surface area contributed by atoms with E-state index < -0.39 is 11.6 Å². The summed E-state index contributed by atoms with van der Waals surface area (Å²) in [5, 5.41) is 12.1. The van der Waals surface area contributed by atoms with E-state index in [9.17, 15) is 14.7 Å². The summed E-state index contributed by atoms with van der Waals surface area (Å²) in [5.74, 6) is 0.467. The van der Waals surface area contributed by atoms with E-state index in [-0.39, 0.29) is 12.5 Å². The normalized spacial score (nSPS) is 21.4. The number of nitrogens with one attached hydrogen (secondary N) is 1. The molecule has 6 heteroatoms. The monoisotopic (exact) mass is 278 g/mol. The van der Waals surface area contributed by atoms with Gasteiger partial charge in [-0.05, 0) is 31.0 Å². The minimum Gasteiger partial charge on any atom is -0.497 e. The lowest BCUT2D eigenvalue weighted by Gasteiger charge is -2.33. The Morgan fingerprint density at radius 1 is 1.45 bits per heavy atom. The van der Waals surface area contributed by atoms with Crippen molar-refractivity contribution in [3.8, 4) is 5.75 Å². The van der Waals surface area contributed by atoms with Gasteiger partial charge in [0, 0.05) is 6.54 Å². The first kappa shape index (κ1) is 14.2. The zero-order valence-electron chi connectivity index (χ0n) is 11.5. The number of amides is 2. The van der Waals surface area contributed by atoms with Gasteiger partial charge in [-0.2, -0.15) is 0 Å². The molecule has 2 N–H and O–H groups in total. The summed E-state index contributed by atoms with van der Waals surface area (Å²) >= 11 is 0. The third-order valence-corrected chi connectivity index (χ3v) is 3.71. The molecule has 0 aromatic heterocycles. The Kier molecular flexibility index (Phi) is 3.83. The molecular formula is C14H18N2O4. The van der Waals surface area contributed by atoms with Crippen LogP contribution in [0.4, 0.5) is 4.79 Å². The van der Waals surface area contributed by atoms with Gasteiger partial charge in [0.05, 0.1) is 13.7 Å². The molecule has 2 rings (SSSR count). The number of hydrogen-bond acceptors (Lipinski definition) is 3. The Labute approximate surface area is 117 Å². The molecular weight excluding hydrogens is 260 g/mol. The van der Waals surface area contributed by atoms with Crippen molar-refractivity contribution in [1.29, 1.82) is 0 Å². The predicted octanol–water partition coefficient (Wildman–Crippen LogP) is 1.45. The lowest BCUT2D eigenvalue weighted by atomic mass is 9.97. The van der Waals surface area contributed by atoms with Crippen LogP contribution in [0.1, 0.15) is 18.9 Å². The summed E-state index contributed by atoms with van der Waals surface area (Å²) in [5.41, 5.74) is -0.194. The number of methoxy groups -OCH3 is 1. The molecule has 0 saturated carbocycles. The van der Waals surface area contributed by atoms with Crippen LogP contribution >= 0.6 is 0 Å². The second-order valence-corrected chi connectivity index (χ2v) is 5.00. The van der Waals surface area contributed by atoms with E-state index in [1.807, 2.05) is 0 Å². The molecule has 0 radical (unpaired) electrons. The smallest absolute Gasteiger partial charge is 0.408 e. The topological polar surface area (TPSA) is 78.9 Å². The number of ether oxygens (including phenoxy) is 1. The van der Waals surface area contributed by atoms with Gasteiger partial charge in [0.15, 0.2) is 0 Å². The summed E-state index contributed by atoms with van der Waals surface area (Å²) in [6, 6.07) is 7.13. The van der Waals surface area contributed by atoms with Gasteiger partial charge in [0.25, 0.3) is 0 Å². The van der Waals surface area contributed by atoms with Crippen molar-refractivity contribution < 1.29 is 19.4 Å². The second-order valence-electron chi connectivity index (χ2n) is 5.00. The van der Waals surface area contributed by atoms with Crippen LogP contribution < -0.4 is 10.1 Å². The molecule has 1 fully saturated rings. The molecule has 0 spiro atoms. The molecule has 1 atom stereocenters. The molecule has 1 aliphatic rings. The van der Waals surface area contributed by atoms with Gasteiger partial charge >= 0.3 is 6.09 Å². The highest BCUT2D eigenvalue weighted by Crippen LogP contribution is 2.26. The van der Waals surface area contributed by atoms with E-state index in [0.717, 1.165) is 5.56 Å². The summed E-state index contributed by atoms with van der Waals surface area (Å²) in [6.07, 6.45) is -0.616. The fraction of sp³-hybridized carbons (Fsp3) is 0.429. The molecule has 1 heterocycles. The van der Waals surface area contributed by atoms with Crippen molar-refractivity contribution in [2.45, 2.75) is 25.4 Å². The molecule has 1 aromatic carbocycles. The summed E-state index contributed by atoms with van der Waals surface area (Å²) in [6.45, 7) is 2.33. The van der Waals surface area contributed by atoms with Crippen LogP contribution in [0.3, 0.4) is 0 Å². The first-order valence-corrected chi connectivity index (χ1v) is 6.39.